The van der Waals surface area contributed by atoms with Crippen LogP contribution in [0.15, 0.2) is 58.6 Å². The lowest BCUT2D eigenvalue weighted by Crippen LogP contribution is -2.09. The van der Waals surface area contributed by atoms with Gasteiger partial charge in [-0.3, -0.25) is 0 Å². The van der Waals surface area contributed by atoms with Crippen LogP contribution in [0.3, 0.4) is 0 Å². The zero-order chi connectivity index (χ0) is 22.4. The van der Waals surface area contributed by atoms with Crippen LogP contribution in [0.2, 0.25) is 5.02 Å². The molecule has 3 aromatic rings. The Morgan fingerprint density at radius 3 is 2.35 bits per heavy atom. The van der Waals surface area contributed by atoms with Crippen molar-refractivity contribution in [3.63, 3.8) is 0 Å². The normalized spacial score (nSPS) is 11.4. The van der Waals surface area contributed by atoms with E-state index in [2.05, 4.69) is 10.2 Å². The van der Waals surface area contributed by atoms with Crippen molar-refractivity contribution in [2.24, 2.45) is 0 Å². The average molecular weight is 460 g/mol. The number of aromatic nitrogens is 3. The number of hydrogen-bond acceptors (Lipinski definition) is 6. The van der Waals surface area contributed by atoms with Crippen LogP contribution in [-0.4, -0.2) is 43.5 Å². The van der Waals surface area contributed by atoms with Crippen molar-refractivity contribution < 1.29 is 24.5 Å². The quantitative estimate of drug-likeness (QED) is 0.359. The van der Waals surface area contributed by atoms with Gasteiger partial charge in [0.1, 0.15) is 10.7 Å². The fourth-order valence-corrected chi connectivity index (χ4v) is 3.66. The monoisotopic (exact) mass is 459 g/mol. The second kappa shape index (κ2) is 10.1. The molecule has 0 spiro atoms. The summed E-state index contributed by atoms with van der Waals surface area (Å²) >= 11 is 6.94. The Kier molecular flexibility index (Phi) is 7.32. The number of hydrogen-bond donors (Lipinski definition) is 2. The molecule has 0 aliphatic carbocycles. The number of nitrogens with zero attached hydrogens (tertiary/aromatic N) is 3. The lowest BCUT2D eigenvalue weighted by atomic mass is 10.2. The summed E-state index contributed by atoms with van der Waals surface area (Å²) in [6.07, 6.45) is 1.50. The van der Waals surface area contributed by atoms with E-state index in [9.17, 15) is 14.7 Å². The van der Waals surface area contributed by atoms with Crippen LogP contribution in [0.5, 0.6) is 5.75 Å². The molecule has 10 heteroatoms. The summed E-state index contributed by atoms with van der Waals surface area (Å²) in [6.45, 7) is 2.02. The number of halogens is 1. The first-order chi connectivity index (χ1) is 14.9. The first-order valence-corrected chi connectivity index (χ1v) is 10.3. The Hall–Kier alpha value is -3.30. The second-order valence-electron chi connectivity index (χ2n) is 6.22. The van der Waals surface area contributed by atoms with Crippen molar-refractivity contribution in [1.29, 1.82) is 0 Å². The number of thioether (sulfide) groups is 1. The SMILES string of the molecule is CCn1c(S/C(=C\c2ccc(OCC(=O)O)cc2)C(=O)O)nnc1-c1ccc(Cl)cc1. The minimum Gasteiger partial charge on any atom is -0.482 e. The molecule has 2 N–H and O–H groups in total. The maximum absolute atomic E-state index is 11.8. The molecule has 1 heterocycles. The lowest BCUT2D eigenvalue weighted by Gasteiger charge is -2.08. The van der Waals surface area contributed by atoms with E-state index in [0.29, 0.717) is 33.9 Å². The van der Waals surface area contributed by atoms with E-state index in [4.69, 9.17) is 21.4 Å². The topological polar surface area (TPSA) is 115 Å². The van der Waals surface area contributed by atoms with Gasteiger partial charge in [0.2, 0.25) is 0 Å². The smallest absolute Gasteiger partial charge is 0.342 e. The van der Waals surface area contributed by atoms with Gasteiger partial charge in [0.15, 0.2) is 17.6 Å². The molecule has 0 amide bonds. The molecule has 0 aliphatic heterocycles. The highest BCUT2D eigenvalue weighted by atomic mass is 35.5. The van der Waals surface area contributed by atoms with Gasteiger partial charge in [0, 0.05) is 17.1 Å². The molecule has 1 aromatic heterocycles. The van der Waals surface area contributed by atoms with Crippen LogP contribution < -0.4 is 4.74 Å². The molecule has 2 aromatic carbocycles. The molecule has 31 heavy (non-hydrogen) atoms. The number of benzene rings is 2. The maximum Gasteiger partial charge on any atom is 0.342 e. The molecule has 0 unspecified atom stereocenters. The summed E-state index contributed by atoms with van der Waals surface area (Å²) < 4.78 is 6.91. The molecule has 0 fully saturated rings. The zero-order valence-corrected chi connectivity index (χ0v) is 17.9. The third kappa shape index (κ3) is 5.87. The lowest BCUT2D eigenvalue weighted by molar-refractivity contribution is -0.139. The van der Waals surface area contributed by atoms with E-state index in [-0.39, 0.29) is 4.91 Å². The standard InChI is InChI=1S/C21H18ClN3O5S/c1-2-25-19(14-5-7-15(22)8-6-14)23-24-21(25)31-17(20(28)29)11-13-3-9-16(10-4-13)30-12-18(26)27/h3-11H,2,12H2,1H3,(H,26,27)(H,28,29)/b17-11-. The molecule has 0 aliphatic rings. The van der Waals surface area contributed by atoms with Crippen molar-refractivity contribution in [3.8, 4) is 17.1 Å². The molecule has 0 bridgehead atoms. The number of ether oxygens (including phenoxy) is 1. The van der Waals surface area contributed by atoms with Crippen LogP contribution in [-0.2, 0) is 16.1 Å². The summed E-state index contributed by atoms with van der Waals surface area (Å²) in [7, 11) is 0. The number of rotatable bonds is 9. The summed E-state index contributed by atoms with van der Waals surface area (Å²) in [6, 6.07) is 13.6. The van der Waals surface area contributed by atoms with Gasteiger partial charge in [-0.15, -0.1) is 10.2 Å². The van der Waals surface area contributed by atoms with Crippen molar-refractivity contribution in [2.45, 2.75) is 18.6 Å². The molecular formula is C21H18ClN3O5S. The van der Waals surface area contributed by atoms with Gasteiger partial charge in [-0.1, -0.05) is 23.7 Å². The fraction of sp³-hybridized carbons (Fsp3) is 0.143. The Morgan fingerprint density at radius 2 is 1.77 bits per heavy atom. The molecule has 0 atom stereocenters. The molecule has 0 saturated heterocycles. The fourth-order valence-electron chi connectivity index (χ4n) is 2.65. The molecule has 3 rings (SSSR count). The van der Waals surface area contributed by atoms with Gasteiger partial charge < -0.3 is 19.5 Å². The third-order valence-corrected chi connectivity index (χ3v) is 5.34. The highest BCUT2D eigenvalue weighted by Crippen LogP contribution is 2.31. The predicted molar refractivity (Wildman–Crippen MR) is 117 cm³/mol. The summed E-state index contributed by atoms with van der Waals surface area (Å²) in [4.78, 5) is 22.4. The summed E-state index contributed by atoms with van der Waals surface area (Å²) in [5.41, 5.74) is 1.44. The van der Waals surface area contributed by atoms with Gasteiger partial charge in [-0.05, 0) is 66.7 Å². The largest absolute Gasteiger partial charge is 0.482 e. The molecule has 8 nitrogen and oxygen atoms in total. The Labute approximate surface area is 187 Å². The Bertz CT molecular complexity index is 1110. The van der Waals surface area contributed by atoms with Gasteiger partial charge in [0.05, 0.1) is 0 Å². The van der Waals surface area contributed by atoms with Gasteiger partial charge in [-0.2, -0.15) is 0 Å². The number of aliphatic carboxylic acids is 2. The molecule has 0 saturated carbocycles. The number of carboxylic acid groups (broad SMARTS) is 2. The molecule has 0 radical (unpaired) electrons. The Balaban J connectivity index is 1.84. The minimum atomic E-state index is -1.10. The molecule has 160 valence electrons. The van der Waals surface area contributed by atoms with E-state index in [1.54, 1.807) is 36.4 Å². The van der Waals surface area contributed by atoms with Crippen LogP contribution >= 0.6 is 23.4 Å². The number of carboxylic acids is 2. The van der Waals surface area contributed by atoms with Crippen LogP contribution in [0.1, 0.15) is 12.5 Å². The van der Waals surface area contributed by atoms with Gasteiger partial charge in [0.25, 0.3) is 0 Å². The zero-order valence-electron chi connectivity index (χ0n) is 16.4. The predicted octanol–water partition coefficient (Wildman–Crippen LogP) is 4.30. The first kappa shape index (κ1) is 22.4. The van der Waals surface area contributed by atoms with Crippen molar-refractivity contribution >= 4 is 41.4 Å². The average Bonchev–Trinajstić information content (AvgIpc) is 3.15. The van der Waals surface area contributed by atoms with Crippen LogP contribution in [0, 0.1) is 0 Å². The van der Waals surface area contributed by atoms with Crippen molar-refractivity contribution in [3.05, 3.63) is 64.0 Å². The van der Waals surface area contributed by atoms with E-state index in [1.807, 2.05) is 23.6 Å². The van der Waals surface area contributed by atoms with E-state index in [1.165, 1.54) is 6.08 Å². The van der Waals surface area contributed by atoms with Crippen molar-refractivity contribution in [1.82, 2.24) is 14.8 Å². The second-order valence-corrected chi connectivity index (χ2v) is 7.67. The van der Waals surface area contributed by atoms with Crippen LogP contribution in [0.25, 0.3) is 17.5 Å². The maximum atomic E-state index is 11.8. The highest BCUT2D eigenvalue weighted by Gasteiger charge is 2.18. The minimum absolute atomic E-state index is 0.0592. The van der Waals surface area contributed by atoms with E-state index < -0.39 is 18.5 Å². The van der Waals surface area contributed by atoms with Gasteiger partial charge >= 0.3 is 11.9 Å². The third-order valence-electron chi connectivity index (χ3n) is 4.09. The highest BCUT2D eigenvalue weighted by molar-refractivity contribution is 8.04. The summed E-state index contributed by atoms with van der Waals surface area (Å²) in [5, 5.41) is 27.8. The van der Waals surface area contributed by atoms with Gasteiger partial charge in [-0.25, -0.2) is 9.59 Å². The van der Waals surface area contributed by atoms with Crippen molar-refractivity contribution in [2.75, 3.05) is 6.61 Å². The number of carbonyl (C=O) groups is 2. The summed E-state index contributed by atoms with van der Waals surface area (Å²) in [5.74, 6) is -1.19. The van der Waals surface area contributed by atoms with Crippen LogP contribution in [0.4, 0.5) is 0 Å². The molecular weight excluding hydrogens is 442 g/mol. The first-order valence-electron chi connectivity index (χ1n) is 9.14. The van der Waals surface area contributed by atoms with E-state index >= 15 is 0 Å². The van der Waals surface area contributed by atoms with E-state index in [0.717, 1.165) is 17.3 Å². The Morgan fingerprint density at radius 1 is 1.10 bits per heavy atom.